The average molecular weight is 493 g/mol. The van der Waals surface area contributed by atoms with Gasteiger partial charge in [0, 0.05) is 38.3 Å². The van der Waals surface area contributed by atoms with Crippen LogP contribution in [-0.4, -0.2) is 61.6 Å². The Kier molecular flexibility index (Phi) is 11.0. The summed E-state index contributed by atoms with van der Waals surface area (Å²) in [6.45, 7) is 12.3. The molecule has 0 aromatic carbocycles. The maximum Gasteiger partial charge on any atom is 0.227 e. The van der Waals surface area contributed by atoms with Gasteiger partial charge in [0.25, 0.3) is 0 Å². The average Bonchev–Trinajstić information content (AvgIpc) is 3.15. The number of nitrogens with one attached hydrogen (secondary N) is 3. The van der Waals surface area contributed by atoms with E-state index in [0.29, 0.717) is 19.1 Å². The van der Waals surface area contributed by atoms with E-state index in [2.05, 4.69) is 27.8 Å². The zero-order valence-electron chi connectivity index (χ0n) is 17.6. The van der Waals surface area contributed by atoms with Crippen LogP contribution < -0.4 is 16.0 Å². The summed E-state index contributed by atoms with van der Waals surface area (Å²) < 4.78 is 0. The van der Waals surface area contributed by atoms with Gasteiger partial charge in [0.05, 0.1) is 12.0 Å². The number of likely N-dealkylation sites (tertiary alicyclic amines) is 1. The fourth-order valence-electron chi connectivity index (χ4n) is 3.94. The Morgan fingerprint density at radius 3 is 2.19 bits per heavy atom. The summed E-state index contributed by atoms with van der Waals surface area (Å²) in [5.41, 5.74) is -0.496. The first-order valence-corrected chi connectivity index (χ1v) is 10.5. The minimum Gasteiger partial charge on any atom is -0.357 e. The minimum atomic E-state index is -0.496. The number of halogens is 1. The molecular formula is C20H40IN5O. The van der Waals surface area contributed by atoms with Crippen molar-refractivity contribution in [3.8, 4) is 0 Å². The van der Waals surface area contributed by atoms with Crippen molar-refractivity contribution in [3.05, 3.63) is 0 Å². The summed E-state index contributed by atoms with van der Waals surface area (Å²) in [5.74, 6) is 0.897. The molecule has 0 unspecified atom stereocenters. The molecule has 0 atom stereocenters. The Labute approximate surface area is 182 Å². The molecule has 1 saturated carbocycles. The van der Waals surface area contributed by atoms with E-state index in [-0.39, 0.29) is 29.9 Å². The molecule has 0 spiro atoms. The SMILES string of the molecule is CCNC(=O)C(C)(C)CN=C(NCC)NC1CCN(C2CCCC2)CC1.I. The first-order valence-electron chi connectivity index (χ1n) is 10.5. The zero-order valence-corrected chi connectivity index (χ0v) is 20.0. The second-order valence-corrected chi connectivity index (χ2v) is 8.33. The highest BCUT2D eigenvalue weighted by Gasteiger charge is 2.29. The van der Waals surface area contributed by atoms with Crippen molar-refractivity contribution in [2.45, 2.75) is 78.3 Å². The topological polar surface area (TPSA) is 68.8 Å². The maximum atomic E-state index is 12.2. The maximum absolute atomic E-state index is 12.2. The fourth-order valence-corrected chi connectivity index (χ4v) is 3.94. The highest BCUT2D eigenvalue weighted by atomic mass is 127. The smallest absolute Gasteiger partial charge is 0.227 e. The predicted octanol–water partition coefficient (Wildman–Crippen LogP) is 2.73. The molecule has 0 aromatic heterocycles. The van der Waals surface area contributed by atoms with E-state index in [1.807, 2.05) is 20.8 Å². The Hall–Kier alpha value is -0.570. The number of piperidine rings is 1. The van der Waals surface area contributed by atoms with Gasteiger partial charge in [0.15, 0.2) is 5.96 Å². The first kappa shape index (κ1) is 24.5. The number of hydrogen-bond acceptors (Lipinski definition) is 3. The molecule has 3 N–H and O–H groups in total. The molecule has 2 fully saturated rings. The van der Waals surface area contributed by atoms with Gasteiger partial charge in [0.2, 0.25) is 5.91 Å². The normalized spacial score (nSPS) is 20.2. The molecule has 1 saturated heterocycles. The van der Waals surface area contributed by atoms with Crippen LogP contribution >= 0.6 is 24.0 Å². The quantitative estimate of drug-likeness (QED) is 0.290. The lowest BCUT2D eigenvalue weighted by Gasteiger charge is -2.36. The lowest BCUT2D eigenvalue weighted by molar-refractivity contribution is -0.128. The monoisotopic (exact) mass is 493 g/mol. The molecule has 1 aliphatic carbocycles. The van der Waals surface area contributed by atoms with Crippen molar-refractivity contribution in [1.29, 1.82) is 0 Å². The van der Waals surface area contributed by atoms with Crippen LogP contribution in [0.3, 0.4) is 0 Å². The molecule has 0 bridgehead atoms. The van der Waals surface area contributed by atoms with Crippen molar-refractivity contribution in [2.24, 2.45) is 10.4 Å². The number of aliphatic imine (C=N–C) groups is 1. The van der Waals surface area contributed by atoms with Crippen molar-refractivity contribution < 1.29 is 4.79 Å². The molecule has 1 aliphatic heterocycles. The van der Waals surface area contributed by atoms with Crippen molar-refractivity contribution in [3.63, 3.8) is 0 Å². The van der Waals surface area contributed by atoms with E-state index < -0.39 is 5.41 Å². The molecule has 7 heteroatoms. The van der Waals surface area contributed by atoms with Gasteiger partial charge in [0.1, 0.15) is 0 Å². The Morgan fingerprint density at radius 2 is 1.63 bits per heavy atom. The van der Waals surface area contributed by atoms with E-state index in [9.17, 15) is 4.79 Å². The Morgan fingerprint density at radius 1 is 1.04 bits per heavy atom. The van der Waals surface area contributed by atoms with Crippen LogP contribution in [0.1, 0.15) is 66.2 Å². The number of nitrogens with zero attached hydrogens (tertiary/aromatic N) is 2. The molecule has 1 amide bonds. The molecular weight excluding hydrogens is 453 g/mol. The number of carbonyl (C=O) groups excluding carboxylic acids is 1. The summed E-state index contributed by atoms with van der Waals surface area (Å²) >= 11 is 0. The van der Waals surface area contributed by atoms with Gasteiger partial charge in [-0.1, -0.05) is 12.8 Å². The highest BCUT2D eigenvalue weighted by molar-refractivity contribution is 14.0. The molecule has 158 valence electrons. The van der Waals surface area contributed by atoms with E-state index >= 15 is 0 Å². The third kappa shape index (κ3) is 7.75. The predicted molar refractivity (Wildman–Crippen MR) is 124 cm³/mol. The van der Waals surface area contributed by atoms with Gasteiger partial charge in [-0.3, -0.25) is 9.79 Å². The number of carbonyl (C=O) groups is 1. The van der Waals surface area contributed by atoms with Crippen molar-refractivity contribution >= 4 is 35.8 Å². The number of hydrogen-bond donors (Lipinski definition) is 3. The number of amides is 1. The third-order valence-corrected chi connectivity index (χ3v) is 5.64. The van der Waals surface area contributed by atoms with Crippen LogP contribution in [0.5, 0.6) is 0 Å². The van der Waals surface area contributed by atoms with E-state index in [1.165, 1.54) is 51.6 Å². The second-order valence-electron chi connectivity index (χ2n) is 8.33. The highest BCUT2D eigenvalue weighted by Crippen LogP contribution is 2.26. The van der Waals surface area contributed by atoms with E-state index in [4.69, 9.17) is 4.99 Å². The summed E-state index contributed by atoms with van der Waals surface area (Å²) in [6, 6.07) is 1.30. The molecule has 0 radical (unpaired) electrons. The van der Waals surface area contributed by atoms with Gasteiger partial charge < -0.3 is 20.9 Å². The number of guanidine groups is 1. The van der Waals surface area contributed by atoms with Gasteiger partial charge in [-0.25, -0.2) is 0 Å². The van der Waals surface area contributed by atoms with Gasteiger partial charge in [-0.2, -0.15) is 0 Å². The van der Waals surface area contributed by atoms with Crippen LogP contribution in [0.2, 0.25) is 0 Å². The summed E-state index contributed by atoms with van der Waals surface area (Å²) in [7, 11) is 0. The van der Waals surface area contributed by atoms with Crippen molar-refractivity contribution in [1.82, 2.24) is 20.9 Å². The van der Waals surface area contributed by atoms with Crippen LogP contribution in [0, 0.1) is 5.41 Å². The molecule has 0 aromatic rings. The molecule has 6 nitrogen and oxygen atoms in total. The van der Waals surface area contributed by atoms with Crippen LogP contribution in [0.15, 0.2) is 4.99 Å². The fraction of sp³-hybridized carbons (Fsp3) is 0.900. The number of rotatable bonds is 7. The van der Waals surface area contributed by atoms with Gasteiger partial charge >= 0.3 is 0 Å². The third-order valence-electron chi connectivity index (χ3n) is 5.64. The summed E-state index contributed by atoms with van der Waals surface area (Å²) in [6.07, 6.45) is 7.92. The first-order chi connectivity index (χ1) is 12.5. The summed E-state index contributed by atoms with van der Waals surface area (Å²) in [4.78, 5) is 19.5. The van der Waals surface area contributed by atoms with Crippen molar-refractivity contribution in [2.75, 3.05) is 32.7 Å². The van der Waals surface area contributed by atoms with E-state index in [1.54, 1.807) is 0 Å². The second kappa shape index (κ2) is 12.1. The van der Waals surface area contributed by atoms with Crippen LogP contribution in [0.4, 0.5) is 0 Å². The van der Waals surface area contributed by atoms with Gasteiger partial charge in [-0.15, -0.1) is 24.0 Å². The lowest BCUT2D eigenvalue weighted by atomic mass is 9.92. The Bertz CT molecular complexity index is 469. The molecule has 1 heterocycles. The molecule has 27 heavy (non-hydrogen) atoms. The molecule has 2 rings (SSSR count). The Balaban J connectivity index is 0.00000364. The molecule has 2 aliphatic rings. The van der Waals surface area contributed by atoms with Crippen LogP contribution in [0.25, 0.3) is 0 Å². The zero-order chi connectivity index (χ0) is 19.0. The van der Waals surface area contributed by atoms with E-state index in [0.717, 1.165) is 18.5 Å². The van der Waals surface area contributed by atoms with Crippen LogP contribution in [-0.2, 0) is 4.79 Å². The minimum absolute atomic E-state index is 0. The lowest BCUT2D eigenvalue weighted by Crippen LogP contribution is -2.50. The summed E-state index contributed by atoms with van der Waals surface area (Å²) in [5, 5.41) is 9.83. The standard InChI is InChI=1S/C20H39N5O.HI/c1-5-21-18(26)20(3,4)15-23-19(22-6-2)24-16-11-13-25(14-12-16)17-9-7-8-10-17;/h16-17H,5-15H2,1-4H3,(H,21,26)(H2,22,23,24);1H. The van der Waals surface area contributed by atoms with Gasteiger partial charge in [-0.05, 0) is 53.4 Å². The largest absolute Gasteiger partial charge is 0.357 e.